The first-order chi connectivity index (χ1) is 10.8. The highest BCUT2D eigenvalue weighted by atomic mass is 32.2. The molecule has 1 aliphatic heterocycles. The van der Waals surface area contributed by atoms with Crippen molar-refractivity contribution in [2.75, 3.05) is 24.7 Å². The summed E-state index contributed by atoms with van der Waals surface area (Å²) in [7, 11) is -3.36. The number of halogens is 2. The third-order valence-corrected chi connectivity index (χ3v) is 4.85. The number of hydrogen-bond acceptors (Lipinski definition) is 4. The van der Waals surface area contributed by atoms with E-state index in [0.29, 0.717) is 19.4 Å². The summed E-state index contributed by atoms with van der Waals surface area (Å²) in [5.41, 5.74) is 0.134. The first kappa shape index (κ1) is 17.6. The molecule has 1 atom stereocenters. The predicted molar refractivity (Wildman–Crippen MR) is 80.8 cm³/mol. The Bertz CT molecular complexity index is 666. The number of nitrogens with one attached hydrogen (secondary N) is 1. The SMILES string of the molecule is CS(=O)(=O)N1CCC[C@H](C(=O)Nc2ccccc2OC(F)F)C1. The average Bonchev–Trinajstić information content (AvgIpc) is 2.48. The molecule has 1 aromatic carbocycles. The van der Waals surface area contributed by atoms with E-state index in [2.05, 4.69) is 10.1 Å². The topological polar surface area (TPSA) is 75.7 Å². The minimum absolute atomic E-state index is 0.0859. The summed E-state index contributed by atoms with van der Waals surface area (Å²) < 4.78 is 53.5. The van der Waals surface area contributed by atoms with Crippen molar-refractivity contribution in [1.82, 2.24) is 4.31 Å². The Morgan fingerprint density at radius 2 is 2.09 bits per heavy atom. The van der Waals surface area contributed by atoms with Crippen molar-refractivity contribution in [1.29, 1.82) is 0 Å². The fourth-order valence-corrected chi connectivity index (χ4v) is 3.37. The van der Waals surface area contributed by atoms with Gasteiger partial charge in [-0.25, -0.2) is 12.7 Å². The van der Waals surface area contributed by atoms with Gasteiger partial charge in [0.15, 0.2) is 0 Å². The molecule has 1 heterocycles. The van der Waals surface area contributed by atoms with Crippen LogP contribution in [0.4, 0.5) is 14.5 Å². The number of rotatable bonds is 5. The van der Waals surface area contributed by atoms with Gasteiger partial charge in [-0.05, 0) is 25.0 Å². The highest BCUT2D eigenvalue weighted by Gasteiger charge is 2.30. The van der Waals surface area contributed by atoms with Crippen molar-refractivity contribution >= 4 is 21.6 Å². The van der Waals surface area contributed by atoms with Gasteiger partial charge < -0.3 is 10.1 Å². The molecule has 0 unspecified atom stereocenters. The molecule has 1 aromatic rings. The normalized spacial score (nSPS) is 19.6. The lowest BCUT2D eigenvalue weighted by atomic mass is 9.98. The Balaban J connectivity index is 2.07. The fraction of sp³-hybridized carbons (Fsp3) is 0.500. The summed E-state index contributed by atoms with van der Waals surface area (Å²) in [6.07, 6.45) is 2.20. The van der Waals surface area contributed by atoms with Crippen LogP contribution in [0.2, 0.25) is 0 Å². The van der Waals surface area contributed by atoms with Crippen molar-refractivity contribution < 1.29 is 26.7 Å². The van der Waals surface area contributed by atoms with Crippen molar-refractivity contribution in [3.8, 4) is 5.75 Å². The lowest BCUT2D eigenvalue weighted by molar-refractivity contribution is -0.121. The minimum Gasteiger partial charge on any atom is -0.433 e. The van der Waals surface area contributed by atoms with Gasteiger partial charge in [0.1, 0.15) is 5.75 Å². The third-order valence-electron chi connectivity index (χ3n) is 3.58. The quantitative estimate of drug-likeness (QED) is 0.882. The smallest absolute Gasteiger partial charge is 0.387 e. The molecule has 0 saturated carbocycles. The van der Waals surface area contributed by atoms with E-state index in [1.807, 2.05) is 0 Å². The Morgan fingerprint density at radius 1 is 1.39 bits per heavy atom. The van der Waals surface area contributed by atoms with Crippen LogP contribution in [0, 0.1) is 5.92 Å². The highest BCUT2D eigenvalue weighted by molar-refractivity contribution is 7.88. The van der Waals surface area contributed by atoms with Crippen molar-refractivity contribution in [3.05, 3.63) is 24.3 Å². The van der Waals surface area contributed by atoms with Crippen LogP contribution in [0.5, 0.6) is 5.75 Å². The zero-order chi connectivity index (χ0) is 17.0. The summed E-state index contributed by atoms with van der Waals surface area (Å²) in [6, 6.07) is 5.87. The Hall–Kier alpha value is -1.74. The molecule has 128 valence electrons. The van der Waals surface area contributed by atoms with E-state index >= 15 is 0 Å². The molecule has 6 nitrogen and oxygen atoms in total. The second-order valence-electron chi connectivity index (χ2n) is 5.32. The van der Waals surface area contributed by atoms with Gasteiger partial charge in [0.05, 0.1) is 17.9 Å². The van der Waals surface area contributed by atoms with Crippen LogP contribution in [-0.4, -0.2) is 44.6 Å². The third kappa shape index (κ3) is 4.87. The number of anilines is 1. The Morgan fingerprint density at radius 3 is 2.74 bits per heavy atom. The number of carbonyl (C=O) groups excluding carboxylic acids is 1. The molecule has 1 fully saturated rings. The van der Waals surface area contributed by atoms with Gasteiger partial charge in [0.2, 0.25) is 15.9 Å². The zero-order valence-corrected chi connectivity index (χ0v) is 13.4. The second-order valence-corrected chi connectivity index (χ2v) is 7.31. The summed E-state index contributed by atoms with van der Waals surface area (Å²) in [5.74, 6) is -1.08. The number of para-hydroxylation sites is 2. The summed E-state index contributed by atoms with van der Waals surface area (Å²) >= 11 is 0. The van der Waals surface area contributed by atoms with Crippen molar-refractivity contribution in [2.24, 2.45) is 5.92 Å². The van der Waals surface area contributed by atoms with Crippen molar-refractivity contribution in [2.45, 2.75) is 19.5 Å². The number of piperidine rings is 1. The summed E-state index contributed by atoms with van der Waals surface area (Å²) in [5, 5.41) is 2.54. The molecule has 0 aromatic heterocycles. The lowest BCUT2D eigenvalue weighted by Gasteiger charge is -2.30. The molecular formula is C14H18F2N2O4S. The molecule has 23 heavy (non-hydrogen) atoms. The van der Waals surface area contributed by atoms with Crippen LogP contribution in [0.25, 0.3) is 0 Å². The summed E-state index contributed by atoms with van der Waals surface area (Å²) in [4.78, 5) is 12.3. The van der Waals surface area contributed by atoms with E-state index < -0.39 is 28.5 Å². The molecule has 1 aliphatic rings. The van der Waals surface area contributed by atoms with Crippen LogP contribution in [0.1, 0.15) is 12.8 Å². The first-order valence-corrected chi connectivity index (χ1v) is 8.92. The molecule has 0 bridgehead atoms. The number of carbonyl (C=O) groups is 1. The van der Waals surface area contributed by atoms with Gasteiger partial charge in [0, 0.05) is 13.1 Å². The van der Waals surface area contributed by atoms with E-state index in [0.717, 1.165) is 6.26 Å². The van der Waals surface area contributed by atoms with Gasteiger partial charge in [-0.15, -0.1) is 0 Å². The molecule has 1 saturated heterocycles. The van der Waals surface area contributed by atoms with E-state index in [-0.39, 0.29) is 18.0 Å². The highest BCUT2D eigenvalue weighted by Crippen LogP contribution is 2.27. The molecule has 9 heteroatoms. The largest absolute Gasteiger partial charge is 0.433 e. The maximum Gasteiger partial charge on any atom is 0.387 e. The van der Waals surface area contributed by atoms with Crippen molar-refractivity contribution in [3.63, 3.8) is 0 Å². The number of amides is 1. The van der Waals surface area contributed by atoms with Crippen LogP contribution in [0.3, 0.4) is 0 Å². The lowest BCUT2D eigenvalue weighted by Crippen LogP contribution is -2.43. The van der Waals surface area contributed by atoms with E-state index in [1.165, 1.54) is 22.5 Å². The van der Waals surface area contributed by atoms with E-state index in [4.69, 9.17) is 0 Å². The van der Waals surface area contributed by atoms with Gasteiger partial charge in [-0.2, -0.15) is 8.78 Å². The molecular weight excluding hydrogens is 330 g/mol. The number of alkyl halides is 2. The maximum atomic E-state index is 12.4. The van der Waals surface area contributed by atoms with Gasteiger partial charge >= 0.3 is 6.61 Å². The standard InChI is InChI=1S/C14H18F2N2O4S/c1-23(20,21)18-8-4-5-10(9-18)13(19)17-11-6-2-3-7-12(11)22-14(15)16/h2-3,6-7,10,14H,4-5,8-9H2,1H3,(H,17,19)/t10-/m0/s1. The van der Waals surface area contributed by atoms with Gasteiger partial charge in [-0.3, -0.25) is 4.79 Å². The van der Waals surface area contributed by atoms with Crippen LogP contribution >= 0.6 is 0 Å². The predicted octanol–water partition coefficient (Wildman–Crippen LogP) is 1.90. The van der Waals surface area contributed by atoms with E-state index in [9.17, 15) is 22.0 Å². The van der Waals surface area contributed by atoms with Gasteiger partial charge in [0.25, 0.3) is 0 Å². The van der Waals surface area contributed by atoms with Crippen LogP contribution in [-0.2, 0) is 14.8 Å². The number of nitrogens with zero attached hydrogens (tertiary/aromatic N) is 1. The molecule has 1 amide bonds. The minimum atomic E-state index is -3.36. The Labute approximate surface area is 133 Å². The number of sulfonamides is 1. The first-order valence-electron chi connectivity index (χ1n) is 7.07. The van der Waals surface area contributed by atoms with Crippen LogP contribution < -0.4 is 10.1 Å². The summed E-state index contributed by atoms with van der Waals surface area (Å²) in [6.45, 7) is -2.53. The number of ether oxygens (including phenoxy) is 1. The number of benzene rings is 1. The molecule has 1 N–H and O–H groups in total. The maximum absolute atomic E-state index is 12.4. The fourth-order valence-electron chi connectivity index (χ4n) is 2.46. The monoisotopic (exact) mass is 348 g/mol. The zero-order valence-electron chi connectivity index (χ0n) is 12.5. The van der Waals surface area contributed by atoms with Gasteiger partial charge in [-0.1, -0.05) is 12.1 Å². The molecule has 2 rings (SSSR count). The molecule has 0 aliphatic carbocycles. The van der Waals surface area contributed by atoms with E-state index in [1.54, 1.807) is 6.07 Å². The Kier molecular flexibility index (Phi) is 5.53. The number of hydrogen-bond donors (Lipinski definition) is 1. The second kappa shape index (κ2) is 7.22. The molecule has 0 radical (unpaired) electrons. The average molecular weight is 348 g/mol. The molecule has 0 spiro atoms. The van der Waals surface area contributed by atoms with Crippen LogP contribution in [0.15, 0.2) is 24.3 Å².